The molecule has 2 heterocycles. The number of thiophene rings is 1. The average molecular weight is 252 g/mol. The Morgan fingerprint density at radius 2 is 2.29 bits per heavy atom. The molecule has 0 saturated carbocycles. The van der Waals surface area contributed by atoms with Gasteiger partial charge in [-0.15, -0.1) is 11.3 Å². The Labute approximate surface area is 107 Å². The lowest BCUT2D eigenvalue weighted by atomic mass is 10.0. The molecule has 2 atom stereocenters. The molecule has 1 N–H and O–H groups in total. The van der Waals surface area contributed by atoms with Gasteiger partial charge in [-0.25, -0.2) is 0 Å². The lowest BCUT2D eigenvalue weighted by Crippen LogP contribution is -2.39. The molecule has 1 aromatic heterocycles. The van der Waals surface area contributed by atoms with Crippen molar-refractivity contribution < 1.29 is 4.79 Å². The van der Waals surface area contributed by atoms with Gasteiger partial charge in [0.25, 0.3) is 0 Å². The topological polar surface area (TPSA) is 32.3 Å². The molecule has 4 heteroatoms. The second-order valence-electron chi connectivity index (χ2n) is 4.87. The molecule has 0 aromatic carbocycles. The molecule has 17 heavy (non-hydrogen) atoms. The van der Waals surface area contributed by atoms with Crippen molar-refractivity contribution in [3.63, 3.8) is 0 Å². The number of hydrogen-bond acceptors (Lipinski definition) is 3. The summed E-state index contributed by atoms with van der Waals surface area (Å²) >= 11 is 1.74. The van der Waals surface area contributed by atoms with E-state index in [0.29, 0.717) is 5.92 Å². The van der Waals surface area contributed by atoms with Gasteiger partial charge in [0.05, 0.1) is 12.1 Å². The van der Waals surface area contributed by atoms with Crippen molar-refractivity contribution in [1.82, 2.24) is 10.2 Å². The van der Waals surface area contributed by atoms with Gasteiger partial charge in [0.15, 0.2) is 0 Å². The van der Waals surface area contributed by atoms with Crippen molar-refractivity contribution in [3.8, 4) is 0 Å². The van der Waals surface area contributed by atoms with Crippen LogP contribution in [0.3, 0.4) is 0 Å². The zero-order valence-electron chi connectivity index (χ0n) is 10.6. The van der Waals surface area contributed by atoms with Crippen LogP contribution in [0.1, 0.15) is 31.2 Å². The Balaban J connectivity index is 2.21. The minimum absolute atomic E-state index is 0.0104. The first-order chi connectivity index (χ1) is 8.15. The summed E-state index contributed by atoms with van der Waals surface area (Å²) in [6.45, 7) is 5.24. The highest BCUT2D eigenvalue weighted by molar-refractivity contribution is 7.10. The van der Waals surface area contributed by atoms with Crippen LogP contribution < -0.4 is 5.32 Å². The summed E-state index contributed by atoms with van der Waals surface area (Å²) in [7, 11) is 1.86. The largest absolute Gasteiger partial charge is 0.333 e. The van der Waals surface area contributed by atoms with Crippen molar-refractivity contribution >= 4 is 17.2 Å². The van der Waals surface area contributed by atoms with E-state index in [1.54, 1.807) is 11.3 Å². The number of rotatable bonds is 4. The van der Waals surface area contributed by atoms with Crippen LogP contribution in [0, 0.1) is 5.92 Å². The van der Waals surface area contributed by atoms with Crippen LogP contribution in [0.2, 0.25) is 0 Å². The minimum atomic E-state index is 0.0104. The lowest BCUT2D eigenvalue weighted by Gasteiger charge is -2.30. The Hall–Kier alpha value is -0.870. The number of likely N-dealkylation sites (N-methyl/N-ethyl adjacent to an activating group) is 1. The van der Waals surface area contributed by atoms with Crippen LogP contribution in [-0.2, 0) is 4.79 Å². The fourth-order valence-electron chi connectivity index (χ4n) is 2.55. The zero-order chi connectivity index (χ0) is 12.4. The van der Waals surface area contributed by atoms with E-state index in [2.05, 4.69) is 36.7 Å². The van der Waals surface area contributed by atoms with Crippen LogP contribution in [-0.4, -0.2) is 30.4 Å². The van der Waals surface area contributed by atoms with Crippen LogP contribution in [0.4, 0.5) is 0 Å². The maximum absolute atomic E-state index is 12.2. The molecule has 2 rings (SSSR count). The van der Waals surface area contributed by atoms with Gasteiger partial charge in [-0.3, -0.25) is 4.79 Å². The lowest BCUT2D eigenvalue weighted by molar-refractivity contribution is -0.132. The molecule has 1 saturated heterocycles. The third-order valence-corrected chi connectivity index (χ3v) is 4.33. The molecule has 2 unspecified atom stereocenters. The highest BCUT2D eigenvalue weighted by Gasteiger charge is 2.37. The summed E-state index contributed by atoms with van der Waals surface area (Å²) in [5, 5.41) is 5.18. The summed E-state index contributed by atoms with van der Waals surface area (Å²) < 4.78 is 0. The maximum atomic E-state index is 12.2. The predicted molar refractivity (Wildman–Crippen MR) is 71.1 cm³/mol. The molecular formula is C13H20N2OS. The SMILES string of the molecule is CNC1CCN(C(c2cccs2)C(C)C)C1=O. The van der Waals surface area contributed by atoms with Gasteiger partial charge in [-0.2, -0.15) is 0 Å². The van der Waals surface area contributed by atoms with E-state index in [9.17, 15) is 4.79 Å². The fourth-order valence-corrected chi connectivity index (χ4v) is 3.56. The summed E-state index contributed by atoms with van der Waals surface area (Å²) in [6, 6.07) is 4.44. The molecule has 0 radical (unpaired) electrons. The first kappa shape index (κ1) is 12.6. The van der Waals surface area contributed by atoms with E-state index in [-0.39, 0.29) is 18.0 Å². The number of hydrogen-bond donors (Lipinski definition) is 1. The number of nitrogens with zero attached hydrogens (tertiary/aromatic N) is 1. The summed E-state index contributed by atoms with van der Waals surface area (Å²) in [5.41, 5.74) is 0. The van der Waals surface area contributed by atoms with Gasteiger partial charge in [-0.05, 0) is 30.8 Å². The second-order valence-corrected chi connectivity index (χ2v) is 5.85. The van der Waals surface area contributed by atoms with Crippen molar-refractivity contribution in [2.75, 3.05) is 13.6 Å². The van der Waals surface area contributed by atoms with E-state index >= 15 is 0 Å². The molecule has 1 aliphatic heterocycles. The monoisotopic (exact) mass is 252 g/mol. The summed E-state index contributed by atoms with van der Waals surface area (Å²) in [4.78, 5) is 15.6. The number of likely N-dealkylation sites (tertiary alicyclic amines) is 1. The van der Waals surface area contributed by atoms with Crippen molar-refractivity contribution in [1.29, 1.82) is 0 Å². The number of amides is 1. The quantitative estimate of drug-likeness (QED) is 0.891. The summed E-state index contributed by atoms with van der Waals surface area (Å²) in [5.74, 6) is 0.702. The Kier molecular flexibility index (Phi) is 3.84. The molecule has 1 amide bonds. The molecule has 1 aliphatic rings. The van der Waals surface area contributed by atoms with Gasteiger partial charge >= 0.3 is 0 Å². The highest BCUT2D eigenvalue weighted by Crippen LogP contribution is 2.34. The van der Waals surface area contributed by atoms with E-state index < -0.39 is 0 Å². The van der Waals surface area contributed by atoms with E-state index in [4.69, 9.17) is 0 Å². The normalized spacial score (nSPS) is 22.5. The summed E-state index contributed by atoms with van der Waals surface area (Å²) in [6.07, 6.45) is 0.921. The third-order valence-electron chi connectivity index (χ3n) is 3.39. The molecule has 3 nitrogen and oxygen atoms in total. The fraction of sp³-hybridized carbons (Fsp3) is 0.615. The van der Waals surface area contributed by atoms with Gasteiger partial charge in [0, 0.05) is 11.4 Å². The number of carbonyl (C=O) groups excluding carboxylic acids is 1. The smallest absolute Gasteiger partial charge is 0.240 e. The van der Waals surface area contributed by atoms with Gasteiger partial charge in [0.2, 0.25) is 5.91 Å². The Morgan fingerprint density at radius 3 is 2.76 bits per heavy atom. The first-order valence-corrected chi connectivity index (χ1v) is 7.04. The van der Waals surface area contributed by atoms with Crippen molar-refractivity contribution in [2.45, 2.75) is 32.4 Å². The number of nitrogens with one attached hydrogen (secondary N) is 1. The van der Waals surface area contributed by atoms with Gasteiger partial charge < -0.3 is 10.2 Å². The zero-order valence-corrected chi connectivity index (χ0v) is 11.5. The van der Waals surface area contributed by atoms with E-state index in [0.717, 1.165) is 13.0 Å². The third kappa shape index (κ3) is 2.38. The molecule has 94 valence electrons. The molecule has 0 spiro atoms. The standard InChI is InChI=1S/C13H20N2OS/c1-9(2)12(11-5-4-8-17-11)15-7-6-10(14-3)13(15)16/h4-5,8-10,12,14H,6-7H2,1-3H3. The van der Waals surface area contributed by atoms with Gasteiger partial charge in [0.1, 0.15) is 0 Å². The second kappa shape index (κ2) is 5.19. The molecule has 0 aliphatic carbocycles. The van der Waals surface area contributed by atoms with Gasteiger partial charge in [-0.1, -0.05) is 19.9 Å². The number of carbonyl (C=O) groups is 1. The molecule has 1 fully saturated rings. The van der Waals surface area contributed by atoms with Crippen molar-refractivity contribution in [2.24, 2.45) is 5.92 Å². The highest BCUT2D eigenvalue weighted by atomic mass is 32.1. The van der Waals surface area contributed by atoms with Crippen LogP contribution in [0.25, 0.3) is 0 Å². The first-order valence-electron chi connectivity index (χ1n) is 6.16. The molecule has 1 aromatic rings. The maximum Gasteiger partial charge on any atom is 0.240 e. The Morgan fingerprint density at radius 1 is 1.53 bits per heavy atom. The Bertz CT molecular complexity index is 375. The minimum Gasteiger partial charge on any atom is -0.333 e. The predicted octanol–water partition coefficient (Wildman–Crippen LogP) is 2.27. The van der Waals surface area contributed by atoms with Crippen LogP contribution in [0.5, 0.6) is 0 Å². The van der Waals surface area contributed by atoms with E-state index in [1.165, 1.54) is 4.88 Å². The average Bonchev–Trinajstić information content (AvgIpc) is 2.90. The van der Waals surface area contributed by atoms with Crippen molar-refractivity contribution in [3.05, 3.63) is 22.4 Å². The van der Waals surface area contributed by atoms with Crippen LogP contribution >= 0.6 is 11.3 Å². The molecule has 0 bridgehead atoms. The molecular weight excluding hydrogens is 232 g/mol. The van der Waals surface area contributed by atoms with E-state index in [1.807, 2.05) is 11.9 Å². The van der Waals surface area contributed by atoms with Crippen LogP contribution in [0.15, 0.2) is 17.5 Å².